The maximum atomic E-state index is 12.4. The molecule has 2 rings (SSSR count). The lowest BCUT2D eigenvalue weighted by Gasteiger charge is -2.17. The number of nitrogens with zero attached hydrogens (tertiary/aromatic N) is 2. The molecule has 1 aromatic rings. The number of imide groups is 1. The van der Waals surface area contributed by atoms with E-state index in [1.54, 1.807) is 19.1 Å². The Bertz CT molecular complexity index is 742. The summed E-state index contributed by atoms with van der Waals surface area (Å²) in [4.78, 5) is 28.1. The van der Waals surface area contributed by atoms with Gasteiger partial charge in [-0.25, -0.2) is 4.79 Å². The molecule has 0 unspecified atom stereocenters. The van der Waals surface area contributed by atoms with Gasteiger partial charge in [-0.05, 0) is 18.6 Å². The van der Waals surface area contributed by atoms with E-state index in [1.165, 1.54) is 13.1 Å². The number of ether oxygens (including phenoxy) is 1. The zero-order chi connectivity index (χ0) is 20.7. The fraction of sp³-hybridized carbons (Fsp3) is 0.471. The molecule has 29 heavy (non-hydrogen) atoms. The first-order valence-electron chi connectivity index (χ1n) is 8.51. The molecule has 0 atom stereocenters. The fourth-order valence-corrected chi connectivity index (χ4v) is 2.47. The summed E-state index contributed by atoms with van der Waals surface area (Å²) < 4.78 is 42.2. The zero-order valence-electron chi connectivity index (χ0n) is 15.9. The van der Waals surface area contributed by atoms with Crippen LogP contribution in [0.15, 0.2) is 23.2 Å². The number of amides is 3. The summed E-state index contributed by atoms with van der Waals surface area (Å²) in [7, 11) is 1.53. The van der Waals surface area contributed by atoms with Crippen molar-refractivity contribution in [3.8, 4) is 5.75 Å². The first kappa shape index (κ1) is 24.8. The molecule has 0 aromatic heterocycles. The number of carbonyl (C=O) groups excluding carboxylic acids is 2. The molecule has 1 aromatic carbocycles. The second kappa shape index (κ2) is 11.1. The zero-order valence-corrected chi connectivity index (χ0v) is 18.3. The Hall–Kier alpha value is -2.25. The highest BCUT2D eigenvalue weighted by molar-refractivity contribution is 14.0. The highest BCUT2D eigenvalue weighted by Crippen LogP contribution is 2.23. The number of hydrogen-bond donors (Lipinski definition) is 3. The van der Waals surface area contributed by atoms with Crippen molar-refractivity contribution in [1.82, 2.24) is 20.9 Å². The maximum Gasteiger partial charge on any atom is 0.422 e. The number of hydrogen-bond acceptors (Lipinski definition) is 4. The molecule has 3 amide bonds. The standard InChI is InChI=1S/C17H22F3N5O3.HI/c1-11-3-4-12(13(7-11)28-10-17(18,19)20)8-23-15(21-2)22-5-6-25-14(26)9-24-16(25)27;/h3-4,7H,5-6,8-10H2,1-2H3,(H,24,27)(H2,21,22,23);1H. The van der Waals surface area contributed by atoms with Crippen molar-refractivity contribution < 1.29 is 27.5 Å². The van der Waals surface area contributed by atoms with Crippen LogP contribution in [0.3, 0.4) is 0 Å². The van der Waals surface area contributed by atoms with E-state index < -0.39 is 18.8 Å². The summed E-state index contributed by atoms with van der Waals surface area (Å²) in [5.41, 5.74) is 1.31. The smallest absolute Gasteiger partial charge is 0.422 e. The van der Waals surface area contributed by atoms with Crippen LogP contribution >= 0.6 is 24.0 Å². The average Bonchev–Trinajstić information content (AvgIpc) is 2.95. The quantitative estimate of drug-likeness (QED) is 0.217. The lowest BCUT2D eigenvalue weighted by Crippen LogP contribution is -2.43. The number of guanidine groups is 1. The number of carbonyl (C=O) groups is 2. The van der Waals surface area contributed by atoms with Gasteiger partial charge in [-0.2, -0.15) is 13.2 Å². The summed E-state index contributed by atoms with van der Waals surface area (Å²) in [6.07, 6.45) is -4.43. The molecule has 1 aliphatic heterocycles. The van der Waals surface area contributed by atoms with E-state index in [0.29, 0.717) is 11.5 Å². The van der Waals surface area contributed by atoms with Crippen LogP contribution in [0.25, 0.3) is 0 Å². The van der Waals surface area contributed by atoms with Crippen LogP contribution in [-0.4, -0.2) is 62.3 Å². The van der Waals surface area contributed by atoms with Crippen molar-refractivity contribution in [1.29, 1.82) is 0 Å². The van der Waals surface area contributed by atoms with Crippen molar-refractivity contribution >= 4 is 41.9 Å². The third-order valence-corrected chi connectivity index (χ3v) is 3.85. The Balaban J connectivity index is 0.00000420. The molecular formula is C17H23F3IN5O3. The average molecular weight is 529 g/mol. The molecule has 8 nitrogen and oxygen atoms in total. The predicted octanol–water partition coefficient (Wildman–Crippen LogP) is 1.77. The molecule has 0 radical (unpaired) electrons. The van der Waals surface area contributed by atoms with Crippen molar-refractivity contribution in [2.75, 3.05) is 33.3 Å². The Labute approximate surface area is 183 Å². The lowest BCUT2D eigenvalue weighted by molar-refractivity contribution is -0.153. The Kier molecular flexibility index (Phi) is 9.46. The fourth-order valence-electron chi connectivity index (χ4n) is 2.47. The topological polar surface area (TPSA) is 95.1 Å². The second-order valence-electron chi connectivity index (χ2n) is 6.07. The van der Waals surface area contributed by atoms with Crippen LogP contribution in [0.5, 0.6) is 5.75 Å². The normalized spacial score (nSPS) is 14.4. The number of benzene rings is 1. The summed E-state index contributed by atoms with van der Waals surface area (Å²) in [5.74, 6) is 0.204. The molecular weight excluding hydrogens is 506 g/mol. The number of rotatable bonds is 7. The molecule has 3 N–H and O–H groups in total. The molecule has 1 aliphatic rings. The highest BCUT2D eigenvalue weighted by Gasteiger charge is 2.29. The minimum atomic E-state index is -4.43. The molecule has 0 spiro atoms. The third-order valence-electron chi connectivity index (χ3n) is 3.85. The Morgan fingerprint density at radius 2 is 2.03 bits per heavy atom. The molecule has 1 saturated heterocycles. The summed E-state index contributed by atoms with van der Waals surface area (Å²) in [5, 5.41) is 8.32. The minimum absolute atomic E-state index is 0. The van der Waals surface area contributed by atoms with Crippen LogP contribution < -0.4 is 20.7 Å². The van der Waals surface area contributed by atoms with Gasteiger partial charge in [0.2, 0.25) is 5.91 Å². The van der Waals surface area contributed by atoms with Crippen molar-refractivity contribution in [3.05, 3.63) is 29.3 Å². The molecule has 1 fully saturated rings. The lowest BCUT2D eigenvalue weighted by atomic mass is 10.1. The van der Waals surface area contributed by atoms with E-state index in [-0.39, 0.29) is 61.8 Å². The first-order chi connectivity index (χ1) is 13.2. The number of aliphatic imine (C=N–C) groups is 1. The number of halogens is 4. The second-order valence-corrected chi connectivity index (χ2v) is 6.07. The number of alkyl halides is 3. The summed E-state index contributed by atoms with van der Waals surface area (Å²) >= 11 is 0. The predicted molar refractivity (Wildman–Crippen MR) is 111 cm³/mol. The molecule has 12 heteroatoms. The summed E-state index contributed by atoms with van der Waals surface area (Å²) in [6.45, 7) is 0.979. The highest BCUT2D eigenvalue weighted by atomic mass is 127. The van der Waals surface area contributed by atoms with Gasteiger partial charge in [0.05, 0.1) is 6.54 Å². The van der Waals surface area contributed by atoms with Crippen LogP contribution in [0.4, 0.5) is 18.0 Å². The Morgan fingerprint density at radius 3 is 2.62 bits per heavy atom. The number of urea groups is 1. The van der Waals surface area contributed by atoms with E-state index in [0.717, 1.165) is 10.5 Å². The monoisotopic (exact) mass is 529 g/mol. The minimum Gasteiger partial charge on any atom is -0.484 e. The third kappa shape index (κ3) is 7.95. The first-order valence-corrected chi connectivity index (χ1v) is 8.51. The SMILES string of the molecule is CN=C(NCCN1C(=O)CNC1=O)NCc1ccc(C)cc1OCC(F)(F)F.I. The van der Waals surface area contributed by atoms with Crippen molar-refractivity contribution in [2.24, 2.45) is 4.99 Å². The molecule has 0 saturated carbocycles. The summed E-state index contributed by atoms with van der Waals surface area (Å²) in [6, 6.07) is 4.54. The van der Waals surface area contributed by atoms with Crippen LogP contribution in [0, 0.1) is 6.92 Å². The van der Waals surface area contributed by atoms with Gasteiger partial charge >= 0.3 is 12.2 Å². The number of nitrogens with one attached hydrogen (secondary N) is 3. The van der Waals surface area contributed by atoms with Gasteiger partial charge in [0.1, 0.15) is 5.75 Å². The van der Waals surface area contributed by atoms with E-state index in [9.17, 15) is 22.8 Å². The molecule has 0 aliphatic carbocycles. The van der Waals surface area contributed by atoms with E-state index in [4.69, 9.17) is 4.74 Å². The number of aryl methyl sites for hydroxylation is 1. The van der Waals surface area contributed by atoms with Crippen LogP contribution in [-0.2, 0) is 11.3 Å². The van der Waals surface area contributed by atoms with E-state index in [1.807, 2.05) is 0 Å². The largest absolute Gasteiger partial charge is 0.484 e. The van der Waals surface area contributed by atoms with E-state index in [2.05, 4.69) is 20.9 Å². The van der Waals surface area contributed by atoms with Crippen molar-refractivity contribution in [3.63, 3.8) is 0 Å². The Morgan fingerprint density at radius 1 is 1.31 bits per heavy atom. The maximum absolute atomic E-state index is 12.4. The van der Waals surface area contributed by atoms with Gasteiger partial charge in [-0.1, -0.05) is 12.1 Å². The molecule has 162 valence electrons. The van der Waals surface area contributed by atoms with Crippen LogP contribution in [0.2, 0.25) is 0 Å². The van der Waals surface area contributed by atoms with Crippen molar-refractivity contribution in [2.45, 2.75) is 19.6 Å². The van der Waals surface area contributed by atoms with Gasteiger partial charge in [0.25, 0.3) is 0 Å². The van der Waals surface area contributed by atoms with Gasteiger partial charge in [-0.15, -0.1) is 24.0 Å². The van der Waals surface area contributed by atoms with Gasteiger partial charge in [-0.3, -0.25) is 14.7 Å². The van der Waals surface area contributed by atoms with Crippen LogP contribution in [0.1, 0.15) is 11.1 Å². The van der Waals surface area contributed by atoms with E-state index >= 15 is 0 Å². The van der Waals surface area contributed by atoms with Gasteiger partial charge in [0, 0.05) is 32.2 Å². The molecule has 0 bridgehead atoms. The van der Waals surface area contributed by atoms with Gasteiger partial charge in [0.15, 0.2) is 12.6 Å². The van der Waals surface area contributed by atoms with Gasteiger partial charge < -0.3 is 20.7 Å². The molecule has 1 heterocycles.